The zero-order valence-electron chi connectivity index (χ0n) is 13.2. The van der Waals surface area contributed by atoms with Gasteiger partial charge in [0, 0.05) is 37.8 Å². The molecule has 1 aromatic heterocycles. The number of amides is 1. The molecule has 0 spiro atoms. The third kappa shape index (κ3) is 4.27. The largest absolute Gasteiger partial charge is 0.497 e. The van der Waals surface area contributed by atoms with E-state index in [2.05, 4.69) is 16.5 Å². The first kappa shape index (κ1) is 16.4. The molecule has 0 aliphatic rings. The SMILES string of the molecule is C#CNCCCN(C)C(=O)c1cc(-c2ccc(OC)cc2)no1. The quantitative estimate of drug-likeness (QED) is 0.481. The molecule has 0 atom stereocenters. The molecule has 6 nitrogen and oxygen atoms in total. The van der Waals surface area contributed by atoms with Gasteiger partial charge < -0.3 is 19.5 Å². The summed E-state index contributed by atoms with van der Waals surface area (Å²) in [7, 11) is 3.32. The number of ether oxygens (including phenoxy) is 1. The van der Waals surface area contributed by atoms with Crippen LogP contribution in [0.15, 0.2) is 34.9 Å². The van der Waals surface area contributed by atoms with Crippen LogP contribution in [0.5, 0.6) is 5.75 Å². The van der Waals surface area contributed by atoms with Gasteiger partial charge in [-0.2, -0.15) is 0 Å². The normalized spacial score (nSPS) is 9.96. The fourth-order valence-electron chi connectivity index (χ4n) is 2.04. The van der Waals surface area contributed by atoms with Crippen molar-refractivity contribution in [1.82, 2.24) is 15.4 Å². The molecule has 0 fully saturated rings. The number of hydrogen-bond donors (Lipinski definition) is 1. The van der Waals surface area contributed by atoms with Crippen LogP contribution in [0.3, 0.4) is 0 Å². The Morgan fingerprint density at radius 3 is 2.83 bits per heavy atom. The van der Waals surface area contributed by atoms with Crippen LogP contribution in [0.4, 0.5) is 0 Å². The van der Waals surface area contributed by atoms with Gasteiger partial charge in [0.15, 0.2) is 0 Å². The predicted molar refractivity (Wildman–Crippen MR) is 86.9 cm³/mol. The van der Waals surface area contributed by atoms with Crippen molar-refractivity contribution in [2.45, 2.75) is 6.42 Å². The van der Waals surface area contributed by atoms with Gasteiger partial charge >= 0.3 is 0 Å². The number of carbonyl (C=O) groups is 1. The molecule has 120 valence electrons. The molecule has 0 radical (unpaired) electrons. The summed E-state index contributed by atoms with van der Waals surface area (Å²) in [6, 6.07) is 11.4. The van der Waals surface area contributed by atoms with E-state index in [4.69, 9.17) is 15.7 Å². The van der Waals surface area contributed by atoms with Crippen LogP contribution in [-0.2, 0) is 0 Å². The Morgan fingerprint density at radius 2 is 2.17 bits per heavy atom. The van der Waals surface area contributed by atoms with Gasteiger partial charge in [-0.15, -0.1) is 0 Å². The van der Waals surface area contributed by atoms with E-state index in [1.54, 1.807) is 25.1 Å². The molecule has 1 heterocycles. The van der Waals surface area contributed by atoms with Crippen molar-refractivity contribution in [3.63, 3.8) is 0 Å². The molecule has 0 unspecified atom stereocenters. The highest BCUT2D eigenvalue weighted by Crippen LogP contribution is 2.22. The lowest BCUT2D eigenvalue weighted by atomic mass is 10.1. The molecule has 0 saturated heterocycles. The van der Waals surface area contributed by atoms with Crippen LogP contribution in [-0.4, -0.2) is 43.2 Å². The van der Waals surface area contributed by atoms with E-state index in [9.17, 15) is 4.79 Å². The second kappa shape index (κ2) is 7.90. The number of benzene rings is 1. The van der Waals surface area contributed by atoms with Crippen molar-refractivity contribution < 1.29 is 14.1 Å². The fourth-order valence-corrected chi connectivity index (χ4v) is 2.04. The van der Waals surface area contributed by atoms with Crippen LogP contribution >= 0.6 is 0 Å². The minimum Gasteiger partial charge on any atom is -0.497 e. The lowest BCUT2D eigenvalue weighted by Crippen LogP contribution is -2.29. The van der Waals surface area contributed by atoms with E-state index < -0.39 is 0 Å². The van der Waals surface area contributed by atoms with Gasteiger partial charge in [-0.05, 0) is 30.7 Å². The molecular weight excluding hydrogens is 294 g/mol. The first-order valence-electron chi connectivity index (χ1n) is 7.20. The number of nitrogens with zero attached hydrogens (tertiary/aromatic N) is 2. The molecule has 2 rings (SSSR count). The van der Waals surface area contributed by atoms with Gasteiger partial charge in [0.2, 0.25) is 5.76 Å². The standard InChI is InChI=1S/C17H19N3O3/c1-4-18-10-5-11-20(2)17(21)16-12-15(19-23-16)13-6-8-14(22-3)9-7-13/h1,6-9,12,18H,5,10-11H2,2-3H3. The van der Waals surface area contributed by atoms with E-state index in [-0.39, 0.29) is 11.7 Å². The Morgan fingerprint density at radius 1 is 1.43 bits per heavy atom. The maximum absolute atomic E-state index is 12.3. The molecule has 23 heavy (non-hydrogen) atoms. The highest BCUT2D eigenvalue weighted by atomic mass is 16.5. The van der Waals surface area contributed by atoms with Gasteiger partial charge in [-0.25, -0.2) is 0 Å². The minimum atomic E-state index is -0.210. The van der Waals surface area contributed by atoms with Crippen molar-refractivity contribution in [2.75, 3.05) is 27.2 Å². The van der Waals surface area contributed by atoms with E-state index in [0.717, 1.165) is 17.7 Å². The lowest BCUT2D eigenvalue weighted by Gasteiger charge is -2.14. The number of hydrogen-bond acceptors (Lipinski definition) is 5. The fraction of sp³-hybridized carbons (Fsp3) is 0.294. The third-order valence-corrected chi connectivity index (χ3v) is 3.35. The van der Waals surface area contributed by atoms with Crippen LogP contribution in [0.2, 0.25) is 0 Å². The molecule has 1 N–H and O–H groups in total. The molecule has 0 saturated carbocycles. The summed E-state index contributed by atoms with van der Waals surface area (Å²) in [6.45, 7) is 1.23. The molecule has 0 aliphatic carbocycles. The average Bonchev–Trinajstić information content (AvgIpc) is 3.08. The first-order valence-corrected chi connectivity index (χ1v) is 7.20. The smallest absolute Gasteiger partial charge is 0.292 e. The summed E-state index contributed by atoms with van der Waals surface area (Å²) >= 11 is 0. The Kier molecular flexibility index (Phi) is 5.64. The highest BCUT2D eigenvalue weighted by Gasteiger charge is 2.17. The van der Waals surface area contributed by atoms with E-state index in [1.165, 1.54) is 0 Å². The molecule has 1 amide bonds. The van der Waals surface area contributed by atoms with Crippen molar-refractivity contribution in [1.29, 1.82) is 0 Å². The monoisotopic (exact) mass is 313 g/mol. The van der Waals surface area contributed by atoms with E-state index >= 15 is 0 Å². The molecule has 2 aromatic rings. The highest BCUT2D eigenvalue weighted by molar-refractivity contribution is 5.92. The Bertz CT molecular complexity index is 686. The second-order valence-corrected chi connectivity index (χ2v) is 4.96. The Hall–Kier alpha value is -2.94. The number of carbonyl (C=O) groups excluding carboxylic acids is 1. The summed E-state index contributed by atoms with van der Waals surface area (Å²) < 4.78 is 10.3. The van der Waals surface area contributed by atoms with Crippen molar-refractivity contribution in [2.24, 2.45) is 0 Å². The minimum absolute atomic E-state index is 0.210. The van der Waals surface area contributed by atoms with Crippen molar-refractivity contribution in [3.8, 4) is 29.5 Å². The maximum Gasteiger partial charge on any atom is 0.292 e. The van der Waals surface area contributed by atoms with E-state index in [1.807, 2.05) is 24.3 Å². The number of aromatic nitrogens is 1. The van der Waals surface area contributed by atoms with Gasteiger partial charge in [0.25, 0.3) is 5.91 Å². The Labute approximate surface area is 135 Å². The number of nitrogens with one attached hydrogen (secondary N) is 1. The molecular formula is C17H19N3O3. The third-order valence-electron chi connectivity index (χ3n) is 3.35. The van der Waals surface area contributed by atoms with Crippen LogP contribution < -0.4 is 10.1 Å². The average molecular weight is 313 g/mol. The molecule has 6 heteroatoms. The first-order chi connectivity index (χ1) is 11.2. The molecule has 1 aromatic carbocycles. The topological polar surface area (TPSA) is 67.6 Å². The van der Waals surface area contributed by atoms with Crippen molar-refractivity contribution >= 4 is 5.91 Å². The van der Waals surface area contributed by atoms with Gasteiger partial charge in [0.1, 0.15) is 11.4 Å². The van der Waals surface area contributed by atoms with Gasteiger partial charge in [-0.1, -0.05) is 11.6 Å². The lowest BCUT2D eigenvalue weighted by molar-refractivity contribution is 0.0752. The predicted octanol–water partition coefficient (Wildman–Crippen LogP) is 1.99. The summed E-state index contributed by atoms with van der Waals surface area (Å²) in [4.78, 5) is 13.8. The van der Waals surface area contributed by atoms with E-state index in [0.29, 0.717) is 18.8 Å². The van der Waals surface area contributed by atoms with Gasteiger partial charge in [-0.3, -0.25) is 4.79 Å². The molecule has 0 bridgehead atoms. The second-order valence-electron chi connectivity index (χ2n) is 4.96. The van der Waals surface area contributed by atoms with Crippen LogP contribution in [0, 0.1) is 12.5 Å². The van der Waals surface area contributed by atoms with Crippen molar-refractivity contribution in [3.05, 3.63) is 36.1 Å². The Balaban J connectivity index is 2.00. The molecule has 0 aliphatic heterocycles. The summed E-state index contributed by atoms with van der Waals surface area (Å²) in [5, 5.41) is 6.71. The number of rotatable bonds is 7. The number of methoxy groups -OCH3 is 1. The van der Waals surface area contributed by atoms with Gasteiger partial charge in [0.05, 0.1) is 7.11 Å². The summed E-state index contributed by atoms with van der Waals surface area (Å²) in [5.74, 6) is 0.759. The zero-order valence-corrected chi connectivity index (χ0v) is 13.2. The summed E-state index contributed by atoms with van der Waals surface area (Å²) in [5.41, 5.74) is 1.47. The number of terminal acetylenes is 1. The van der Waals surface area contributed by atoms with Crippen LogP contribution in [0.1, 0.15) is 17.0 Å². The van der Waals surface area contributed by atoms with Crippen LogP contribution in [0.25, 0.3) is 11.3 Å². The maximum atomic E-state index is 12.3. The summed E-state index contributed by atoms with van der Waals surface area (Å²) in [6.07, 6.45) is 5.86. The zero-order chi connectivity index (χ0) is 16.7.